The van der Waals surface area contributed by atoms with Crippen LogP contribution in [0.3, 0.4) is 0 Å². The molecule has 0 atom stereocenters. The Bertz CT molecular complexity index is 654. The van der Waals surface area contributed by atoms with Gasteiger partial charge in [-0.25, -0.2) is 17.6 Å². The molecule has 1 aromatic carbocycles. The summed E-state index contributed by atoms with van der Waals surface area (Å²) in [4.78, 5) is 0. The van der Waals surface area contributed by atoms with Crippen molar-refractivity contribution in [3.63, 3.8) is 0 Å². The molecule has 0 spiro atoms. The minimum absolute atomic E-state index is 0.320. The van der Waals surface area contributed by atoms with Gasteiger partial charge >= 0.3 is 15.5 Å². The van der Waals surface area contributed by atoms with Crippen LogP contribution in [0.5, 0.6) is 0 Å². The van der Waals surface area contributed by atoms with Crippen molar-refractivity contribution in [1.82, 2.24) is 0 Å². The third-order valence-electron chi connectivity index (χ3n) is 1.82. The van der Waals surface area contributed by atoms with E-state index in [0.29, 0.717) is 0 Å². The maximum absolute atomic E-state index is 13.0. The Morgan fingerprint density at radius 3 is 1.80 bits per heavy atom. The topological polar surface area (TPSA) is 69.6 Å². The summed E-state index contributed by atoms with van der Waals surface area (Å²) in [5, 5.41) is 11.0. The van der Waals surface area contributed by atoms with E-state index < -0.39 is 50.3 Å². The van der Waals surface area contributed by atoms with Crippen molar-refractivity contribution in [1.29, 1.82) is 0 Å². The van der Waals surface area contributed by atoms with Crippen molar-refractivity contribution < 1.29 is 44.3 Å². The number of alkyl halides is 3. The fraction of sp³-hybridized carbons (Fsp3) is 0.125. The van der Waals surface area contributed by atoms with Crippen molar-refractivity contribution in [2.45, 2.75) is 5.51 Å². The highest BCUT2D eigenvalue weighted by Gasteiger charge is 2.46. The molecule has 0 aliphatic heterocycles. The SMILES string of the molecule is O=S(=O)(/N=C(\[O-])c1c(F)c(F)cc(F)c1F)C(F)(F)F. The van der Waals surface area contributed by atoms with Gasteiger partial charge in [0.2, 0.25) is 0 Å². The number of halogens is 7. The lowest BCUT2D eigenvalue weighted by atomic mass is 10.2. The molecule has 4 nitrogen and oxygen atoms in total. The fourth-order valence-corrected chi connectivity index (χ4v) is 1.38. The molecule has 0 aliphatic rings. The van der Waals surface area contributed by atoms with E-state index in [4.69, 9.17) is 0 Å². The van der Waals surface area contributed by atoms with Crippen LogP contribution in [0.1, 0.15) is 5.56 Å². The van der Waals surface area contributed by atoms with Crippen LogP contribution in [0.25, 0.3) is 0 Å². The predicted molar refractivity (Wildman–Crippen MR) is 47.8 cm³/mol. The number of hydrogen-bond acceptors (Lipinski definition) is 3. The van der Waals surface area contributed by atoms with Gasteiger partial charge in [-0.3, -0.25) is 0 Å². The van der Waals surface area contributed by atoms with Gasteiger partial charge in [0, 0.05) is 12.0 Å². The smallest absolute Gasteiger partial charge is 0.518 e. The lowest BCUT2D eigenvalue weighted by Crippen LogP contribution is -2.29. The molecule has 0 N–H and O–H groups in total. The van der Waals surface area contributed by atoms with E-state index in [0.717, 1.165) is 0 Å². The molecule has 1 rings (SSSR count). The normalized spacial score (nSPS) is 13.7. The molecule has 0 amide bonds. The van der Waals surface area contributed by atoms with Gasteiger partial charge in [-0.2, -0.15) is 26.0 Å². The highest BCUT2D eigenvalue weighted by Crippen LogP contribution is 2.26. The molecule has 12 heteroatoms. The van der Waals surface area contributed by atoms with E-state index in [1.165, 1.54) is 0 Å². The van der Waals surface area contributed by atoms with Gasteiger partial charge in [0.1, 0.15) is 0 Å². The zero-order valence-electron chi connectivity index (χ0n) is 8.80. The van der Waals surface area contributed by atoms with Crippen LogP contribution in [0.15, 0.2) is 10.5 Å². The molecule has 112 valence electrons. The molecule has 0 aliphatic carbocycles. The Morgan fingerprint density at radius 2 is 1.45 bits per heavy atom. The summed E-state index contributed by atoms with van der Waals surface area (Å²) >= 11 is 0. The first-order valence-electron chi connectivity index (χ1n) is 4.30. The maximum atomic E-state index is 13.0. The number of rotatable bonds is 2. The van der Waals surface area contributed by atoms with Gasteiger partial charge < -0.3 is 5.11 Å². The second-order valence-corrected chi connectivity index (χ2v) is 4.76. The van der Waals surface area contributed by atoms with E-state index >= 15 is 0 Å². The molecule has 0 bridgehead atoms. The summed E-state index contributed by atoms with van der Waals surface area (Å²) in [6.45, 7) is 0. The second-order valence-electron chi connectivity index (χ2n) is 3.16. The quantitative estimate of drug-likeness (QED) is 0.355. The molecule has 0 saturated carbocycles. The van der Waals surface area contributed by atoms with Crippen LogP contribution in [0, 0.1) is 23.3 Å². The molecule has 0 saturated heterocycles. The van der Waals surface area contributed by atoms with Gasteiger partial charge in [-0.15, -0.1) is 0 Å². The summed E-state index contributed by atoms with van der Waals surface area (Å²) in [5.74, 6) is -11.6. The Balaban J connectivity index is 3.56. The summed E-state index contributed by atoms with van der Waals surface area (Å²) in [5.41, 5.74) is -8.20. The van der Waals surface area contributed by atoms with E-state index in [9.17, 15) is 44.3 Å². The highest BCUT2D eigenvalue weighted by atomic mass is 32.2. The van der Waals surface area contributed by atoms with Gasteiger partial charge in [-0.05, 0) is 0 Å². The van der Waals surface area contributed by atoms with Crippen molar-refractivity contribution in [2.24, 2.45) is 4.40 Å². The Labute approximate surface area is 106 Å². The molecule has 0 heterocycles. The van der Waals surface area contributed by atoms with Crippen LogP contribution < -0.4 is 5.11 Å². The Hall–Kier alpha value is -1.85. The molecular formula is C8HF7NO3S-. The first-order chi connectivity index (χ1) is 8.88. The van der Waals surface area contributed by atoms with E-state index in [2.05, 4.69) is 0 Å². The minimum atomic E-state index is -6.41. The number of sulfonamides is 1. The predicted octanol–water partition coefficient (Wildman–Crippen LogP) is 1.20. The fourth-order valence-electron chi connectivity index (χ4n) is 0.967. The largest absolute Gasteiger partial charge is 0.857 e. The summed E-state index contributed by atoms with van der Waals surface area (Å²) in [7, 11) is -6.41. The van der Waals surface area contributed by atoms with E-state index in [1.807, 2.05) is 0 Å². The molecule has 0 unspecified atom stereocenters. The zero-order chi connectivity index (χ0) is 15.9. The van der Waals surface area contributed by atoms with E-state index in [1.54, 1.807) is 4.40 Å². The van der Waals surface area contributed by atoms with Crippen LogP contribution in [0.4, 0.5) is 30.7 Å². The average molecular weight is 324 g/mol. The molecular weight excluding hydrogens is 323 g/mol. The third kappa shape index (κ3) is 2.84. The van der Waals surface area contributed by atoms with Crippen LogP contribution >= 0.6 is 0 Å². The molecule has 20 heavy (non-hydrogen) atoms. The molecule has 0 fully saturated rings. The molecule has 0 aromatic heterocycles. The lowest BCUT2D eigenvalue weighted by Gasteiger charge is -2.14. The van der Waals surface area contributed by atoms with Gasteiger partial charge in [0.15, 0.2) is 23.3 Å². The summed E-state index contributed by atoms with van der Waals surface area (Å²) in [6.07, 6.45) is 0. The molecule has 0 radical (unpaired) electrons. The van der Waals surface area contributed by atoms with E-state index in [-0.39, 0.29) is 6.07 Å². The number of nitrogens with zero attached hydrogens (tertiary/aromatic N) is 1. The first-order valence-corrected chi connectivity index (χ1v) is 5.74. The summed E-state index contributed by atoms with van der Waals surface area (Å²) < 4.78 is 110. The first kappa shape index (κ1) is 16.2. The minimum Gasteiger partial charge on any atom is -0.857 e. The maximum Gasteiger partial charge on any atom is 0.518 e. The zero-order valence-corrected chi connectivity index (χ0v) is 9.62. The highest BCUT2D eigenvalue weighted by molar-refractivity contribution is 7.91. The standard InChI is InChI=1S/C8H2F7NO3S/c9-2-1-3(10)6(12)4(5(2)11)7(17)16-20(18,19)8(13,14)15/h1H,(H,16,17)/p-1. The monoisotopic (exact) mass is 324 g/mol. The Morgan fingerprint density at radius 1 is 1.05 bits per heavy atom. The lowest BCUT2D eigenvalue weighted by molar-refractivity contribution is -0.213. The average Bonchev–Trinajstić information content (AvgIpc) is 2.24. The molecule has 1 aromatic rings. The van der Waals surface area contributed by atoms with Gasteiger partial charge in [0.25, 0.3) is 0 Å². The third-order valence-corrected chi connectivity index (χ3v) is 2.81. The van der Waals surface area contributed by atoms with Crippen LogP contribution in [-0.4, -0.2) is 19.8 Å². The second kappa shape index (κ2) is 4.92. The summed E-state index contributed by atoms with van der Waals surface area (Å²) in [6, 6.07) is -0.320. The van der Waals surface area contributed by atoms with Crippen LogP contribution in [0.2, 0.25) is 0 Å². The van der Waals surface area contributed by atoms with Crippen molar-refractivity contribution >= 4 is 15.9 Å². The Kier molecular flexibility index (Phi) is 3.99. The number of hydrogen-bond donors (Lipinski definition) is 0. The van der Waals surface area contributed by atoms with Crippen molar-refractivity contribution in [3.05, 3.63) is 34.9 Å². The van der Waals surface area contributed by atoms with Crippen molar-refractivity contribution in [2.75, 3.05) is 0 Å². The van der Waals surface area contributed by atoms with Gasteiger partial charge in [0.05, 0.1) is 5.56 Å². The van der Waals surface area contributed by atoms with Crippen molar-refractivity contribution in [3.8, 4) is 0 Å². The van der Waals surface area contributed by atoms with Crippen LogP contribution in [-0.2, 0) is 10.0 Å². The van der Waals surface area contributed by atoms with Gasteiger partial charge in [-0.1, -0.05) is 0 Å². The number of benzene rings is 1.